The number of hydrogen-bond donors (Lipinski definition) is 0. The van der Waals surface area contributed by atoms with Gasteiger partial charge in [0.1, 0.15) is 6.61 Å². The maximum Gasteiger partial charge on any atom is 0.392 e. The van der Waals surface area contributed by atoms with Gasteiger partial charge in [0.05, 0.1) is 12.0 Å². The molecule has 0 spiro atoms. The summed E-state index contributed by atoms with van der Waals surface area (Å²) in [5.74, 6) is -0.720. The second-order valence-corrected chi connectivity index (χ2v) is 3.32. The molecule has 0 aliphatic rings. The summed E-state index contributed by atoms with van der Waals surface area (Å²) in [6, 6.07) is 6.58. The number of hydrogen-bond acceptors (Lipinski definition) is 2. The number of ether oxygens (including phenoxy) is 1. The predicted molar refractivity (Wildman–Crippen MR) is 52.1 cm³/mol. The van der Waals surface area contributed by atoms with Crippen LogP contribution in [0.15, 0.2) is 24.3 Å². The Morgan fingerprint density at radius 3 is 2.50 bits per heavy atom. The second kappa shape index (κ2) is 5.01. The Hall–Kier alpha value is -1.52. The molecular formula is C11H11F3O2. The van der Waals surface area contributed by atoms with E-state index in [9.17, 15) is 18.0 Å². The molecule has 0 amide bonds. The van der Waals surface area contributed by atoms with Gasteiger partial charge in [-0.3, -0.25) is 0 Å². The molecule has 0 atom stereocenters. The van der Waals surface area contributed by atoms with Crippen LogP contribution in [0.4, 0.5) is 13.2 Å². The first kappa shape index (κ1) is 12.5. The lowest BCUT2D eigenvalue weighted by Gasteiger charge is -2.08. The highest BCUT2D eigenvalue weighted by Crippen LogP contribution is 2.19. The smallest absolute Gasteiger partial charge is 0.392 e. The molecule has 0 saturated heterocycles. The molecule has 2 nitrogen and oxygen atoms in total. The number of halogens is 3. The SMILES string of the molecule is Cc1ccccc1C(=O)OCCC(F)(F)F. The molecule has 0 heterocycles. The molecule has 0 fully saturated rings. The van der Waals surface area contributed by atoms with Gasteiger partial charge < -0.3 is 4.74 Å². The molecule has 0 bridgehead atoms. The van der Waals surface area contributed by atoms with E-state index in [4.69, 9.17) is 0 Å². The highest BCUT2D eigenvalue weighted by molar-refractivity contribution is 5.90. The molecule has 0 aliphatic carbocycles. The first-order chi connectivity index (χ1) is 7.40. The standard InChI is InChI=1S/C11H11F3O2/c1-8-4-2-3-5-9(8)10(15)16-7-6-11(12,13)14/h2-5H,6-7H2,1H3. The van der Waals surface area contributed by atoms with Crippen LogP contribution in [0.5, 0.6) is 0 Å². The van der Waals surface area contributed by atoms with E-state index in [0.717, 1.165) is 0 Å². The molecule has 1 aromatic carbocycles. The summed E-state index contributed by atoms with van der Waals surface area (Å²) in [5.41, 5.74) is 0.976. The summed E-state index contributed by atoms with van der Waals surface area (Å²) in [7, 11) is 0. The Balaban J connectivity index is 2.51. The van der Waals surface area contributed by atoms with Gasteiger partial charge in [0.15, 0.2) is 0 Å². The molecule has 0 N–H and O–H groups in total. The summed E-state index contributed by atoms with van der Waals surface area (Å²) in [5, 5.41) is 0. The zero-order valence-corrected chi connectivity index (χ0v) is 8.67. The van der Waals surface area contributed by atoms with Gasteiger partial charge in [-0.1, -0.05) is 18.2 Å². The lowest BCUT2D eigenvalue weighted by Crippen LogP contribution is -2.15. The molecule has 0 unspecified atom stereocenters. The van der Waals surface area contributed by atoms with E-state index in [1.54, 1.807) is 25.1 Å². The summed E-state index contributed by atoms with van der Waals surface area (Å²) >= 11 is 0. The fourth-order valence-electron chi connectivity index (χ4n) is 1.14. The fraction of sp³-hybridized carbons (Fsp3) is 0.364. The van der Waals surface area contributed by atoms with Crippen molar-refractivity contribution >= 4 is 5.97 Å². The van der Waals surface area contributed by atoms with Crippen molar-refractivity contribution in [3.63, 3.8) is 0 Å². The van der Waals surface area contributed by atoms with E-state index in [0.29, 0.717) is 11.1 Å². The van der Waals surface area contributed by atoms with Crippen LogP contribution in [-0.4, -0.2) is 18.8 Å². The number of carbonyl (C=O) groups excluding carboxylic acids is 1. The van der Waals surface area contributed by atoms with E-state index >= 15 is 0 Å². The largest absolute Gasteiger partial charge is 0.462 e. The van der Waals surface area contributed by atoms with E-state index in [1.165, 1.54) is 6.07 Å². The minimum absolute atomic E-state index is 0.296. The van der Waals surface area contributed by atoms with Crippen LogP contribution in [0, 0.1) is 6.92 Å². The third-order valence-electron chi connectivity index (χ3n) is 1.98. The summed E-state index contributed by atoms with van der Waals surface area (Å²) < 4.78 is 39.9. The molecule has 88 valence electrons. The first-order valence-electron chi connectivity index (χ1n) is 4.69. The van der Waals surface area contributed by atoms with Crippen molar-refractivity contribution in [3.05, 3.63) is 35.4 Å². The van der Waals surface area contributed by atoms with Gasteiger partial charge in [0.25, 0.3) is 0 Å². The lowest BCUT2D eigenvalue weighted by molar-refractivity contribution is -0.141. The van der Waals surface area contributed by atoms with Crippen molar-refractivity contribution < 1.29 is 22.7 Å². The number of rotatable bonds is 3. The first-order valence-corrected chi connectivity index (χ1v) is 4.69. The van der Waals surface area contributed by atoms with Crippen LogP contribution in [-0.2, 0) is 4.74 Å². The maximum absolute atomic E-state index is 11.8. The number of carbonyl (C=O) groups is 1. The van der Waals surface area contributed by atoms with Gasteiger partial charge in [0.2, 0.25) is 0 Å². The Morgan fingerprint density at radius 2 is 1.94 bits per heavy atom. The number of aryl methyl sites for hydroxylation is 1. The minimum Gasteiger partial charge on any atom is -0.462 e. The quantitative estimate of drug-likeness (QED) is 0.748. The number of benzene rings is 1. The van der Waals surface area contributed by atoms with Crippen molar-refractivity contribution in [2.45, 2.75) is 19.5 Å². The molecule has 0 aliphatic heterocycles. The summed E-state index contributed by atoms with van der Waals surface area (Å²) in [6.45, 7) is 1.05. The highest BCUT2D eigenvalue weighted by atomic mass is 19.4. The van der Waals surface area contributed by atoms with Gasteiger partial charge in [-0.25, -0.2) is 4.79 Å². The van der Waals surface area contributed by atoms with Crippen LogP contribution in [0.25, 0.3) is 0 Å². The van der Waals surface area contributed by atoms with Crippen molar-refractivity contribution in [1.29, 1.82) is 0 Å². The third-order valence-corrected chi connectivity index (χ3v) is 1.98. The molecule has 1 rings (SSSR count). The Labute approximate surface area is 91.0 Å². The number of esters is 1. The van der Waals surface area contributed by atoms with Crippen LogP contribution in [0.3, 0.4) is 0 Å². The van der Waals surface area contributed by atoms with E-state index in [2.05, 4.69) is 4.74 Å². The predicted octanol–water partition coefficient (Wildman–Crippen LogP) is 3.10. The summed E-state index contributed by atoms with van der Waals surface area (Å²) in [4.78, 5) is 11.4. The third kappa shape index (κ3) is 3.92. The topological polar surface area (TPSA) is 26.3 Å². The van der Waals surface area contributed by atoms with Crippen LogP contribution in [0.1, 0.15) is 22.3 Å². The van der Waals surface area contributed by atoms with Gasteiger partial charge in [-0.15, -0.1) is 0 Å². The molecular weight excluding hydrogens is 221 g/mol. The Bertz CT molecular complexity index is 372. The molecule has 16 heavy (non-hydrogen) atoms. The average molecular weight is 232 g/mol. The van der Waals surface area contributed by atoms with E-state index in [1.807, 2.05) is 0 Å². The average Bonchev–Trinajstić information content (AvgIpc) is 2.16. The minimum atomic E-state index is -4.30. The second-order valence-electron chi connectivity index (χ2n) is 3.32. The molecule has 0 aromatic heterocycles. The normalized spacial score (nSPS) is 11.2. The van der Waals surface area contributed by atoms with Crippen LogP contribution < -0.4 is 0 Å². The molecule has 1 aromatic rings. The lowest BCUT2D eigenvalue weighted by atomic mass is 10.1. The Morgan fingerprint density at radius 1 is 1.31 bits per heavy atom. The zero-order valence-electron chi connectivity index (χ0n) is 8.67. The van der Waals surface area contributed by atoms with Crippen molar-refractivity contribution in [2.75, 3.05) is 6.61 Å². The number of alkyl halides is 3. The van der Waals surface area contributed by atoms with Gasteiger partial charge in [-0.05, 0) is 18.6 Å². The van der Waals surface area contributed by atoms with Gasteiger partial charge >= 0.3 is 12.1 Å². The fourth-order valence-corrected chi connectivity index (χ4v) is 1.14. The van der Waals surface area contributed by atoms with Crippen LogP contribution >= 0.6 is 0 Å². The van der Waals surface area contributed by atoms with Gasteiger partial charge in [0, 0.05) is 0 Å². The molecule has 0 saturated carbocycles. The Kier molecular flexibility index (Phi) is 3.93. The molecule has 0 radical (unpaired) electrons. The van der Waals surface area contributed by atoms with Crippen LogP contribution in [0.2, 0.25) is 0 Å². The van der Waals surface area contributed by atoms with E-state index < -0.39 is 25.2 Å². The summed E-state index contributed by atoms with van der Waals surface area (Å²) in [6.07, 6.45) is -5.42. The monoisotopic (exact) mass is 232 g/mol. The molecule has 5 heteroatoms. The van der Waals surface area contributed by atoms with E-state index in [-0.39, 0.29) is 0 Å². The van der Waals surface area contributed by atoms with Crippen molar-refractivity contribution in [2.24, 2.45) is 0 Å². The zero-order chi connectivity index (χ0) is 12.2. The van der Waals surface area contributed by atoms with Crippen molar-refractivity contribution in [3.8, 4) is 0 Å². The van der Waals surface area contributed by atoms with Gasteiger partial charge in [-0.2, -0.15) is 13.2 Å². The maximum atomic E-state index is 11.8. The van der Waals surface area contributed by atoms with Crippen molar-refractivity contribution in [1.82, 2.24) is 0 Å². The highest BCUT2D eigenvalue weighted by Gasteiger charge is 2.27.